The van der Waals surface area contributed by atoms with Gasteiger partial charge in [-0.2, -0.15) is 0 Å². The molecule has 27 heavy (non-hydrogen) atoms. The van der Waals surface area contributed by atoms with Crippen LogP contribution in [0, 0.1) is 13.8 Å². The highest BCUT2D eigenvalue weighted by Gasteiger charge is 2.48. The van der Waals surface area contributed by atoms with Gasteiger partial charge in [0, 0.05) is 0 Å². The first-order chi connectivity index (χ1) is 12.9. The summed E-state index contributed by atoms with van der Waals surface area (Å²) in [6.45, 7) is 7.77. The Morgan fingerprint density at radius 1 is 0.741 bits per heavy atom. The summed E-state index contributed by atoms with van der Waals surface area (Å²) in [5.74, 6) is 0.122. The molecule has 6 nitrogen and oxygen atoms in total. The molecule has 3 heterocycles. The van der Waals surface area contributed by atoms with E-state index in [1.54, 1.807) is 0 Å². The Balaban J connectivity index is 1.59. The lowest BCUT2D eigenvalue weighted by Crippen LogP contribution is -2.20. The van der Waals surface area contributed by atoms with Gasteiger partial charge in [-0.3, -0.25) is 0 Å². The molecule has 1 aliphatic heterocycles. The van der Waals surface area contributed by atoms with Crippen molar-refractivity contribution in [3.8, 4) is 0 Å². The third kappa shape index (κ3) is 2.81. The van der Waals surface area contributed by atoms with Crippen molar-refractivity contribution >= 4 is 22.2 Å². The minimum absolute atomic E-state index is 0.463. The Labute approximate surface area is 156 Å². The lowest BCUT2D eigenvalue weighted by molar-refractivity contribution is -0.150. The van der Waals surface area contributed by atoms with Crippen molar-refractivity contribution in [1.29, 1.82) is 0 Å². The van der Waals surface area contributed by atoms with Crippen LogP contribution in [0.15, 0.2) is 45.2 Å². The van der Waals surface area contributed by atoms with Crippen molar-refractivity contribution in [2.75, 3.05) is 0 Å². The Hall–Kier alpha value is -2.70. The van der Waals surface area contributed by atoms with Crippen molar-refractivity contribution in [3.05, 3.63) is 59.3 Å². The smallest absolute Gasteiger partial charge is 0.228 e. The van der Waals surface area contributed by atoms with Crippen LogP contribution in [0.1, 0.15) is 49.0 Å². The fourth-order valence-electron chi connectivity index (χ4n) is 3.48. The highest BCUT2D eigenvalue weighted by atomic mass is 16.8. The van der Waals surface area contributed by atoms with Gasteiger partial charge in [-0.15, -0.1) is 0 Å². The summed E-state index contributed by atoms with van der Waals surface area (Å²) in [5.41, 5.74) is 5.27. The minimum atomic E-state index is -0.803. The SMILES string of the molecule is Cc1ccc2oc([C@H]3OC(C)(C)O[C@@H]3c3nc4cc(C)ccc4o3)nc2c1. The molecule has 0 amide bonds. The van der Waals surface area contributed by atoms with Gasteiger partial charge in [0.05, 0.1) is 0 Å². The number of benzene rings is 2. The van der Waals surface area contributed by atoms with Crippen molar-refractivity contribution < 1.29 is 18.3 Å². The van der Waals surface area contributed by atoms with Crippen LogP contribution in [0.4, 0.5) is 0 Å². The number of fused-ring (bicyclic) bond motifs is 2. The van der Waals surface area contributed by atoms with Gasteiger partial charge in [0.25, 0.3) is 0 Å². The monoisotopic (exact) mass is 364 g/mol. The van der Waals surface area contributed by atoms with E-state index >= 15 is 0 Å². The largest absolute Gasteiger partial charge is 0.438 e. The standard InChI is InChI=1S/C21H20N2O4/c1-11-5-7-15-13(9-11)22-19(24-15)17-18(27-21(3,4)26-17)20-23-14-10-12(2)6-8-16(14)25-20/h5-10,17-18H,1-4H3/t17-,18-/m0/s1. The normalized spacial score (nSPS) is 22.1. The molecular weight excluding hydrogens is 344 g/mol. The first-order valence-corrected chi connectivity index (χ1v) is 8.98. The molecule has 6 heteroatoms. The molecule has 0 aliphatic carbocycles. The molecule has 138 valence electrons. The average molecular weight is 364 g/mol. The van der Waals surface area contributed by atoms with E-state index in [1.165, 1.54) is 0 Å². The Bertz CT molecular complexity index is 1070. The molecule has 2 aromatic heterocycles. The highest BCUT2D eigenvalue weighted by Crippen LogP contribution is 2.47. The first kappa shape index (κ1) is 16.5. The molecule has 0 bridgehead atoms. The molecule has 1 saturated heterocycles. The number of hydrogen-bond donors (Lipinski definition) is 0. The summed E-state index contributed by atoms with van der Waals surface area (Å²) in [6, 6.07) is 11.8. The fourth-order valence-corrected chi connectivity index (χ4v) is 3.48. The molecule has 1 aliphatic rings. The predicted molar refractivity (Wildman–Crippen MR) is 99.2 cm³/mol. The Morgan fingerprint density at radius 2 is 1.19 bits per heavy atom. The zero-order valence-electron chi connectivity index (χ0n) is 15.6. The fraction of sp³-hybridized carbons (Fsp3) is 0.333. The van der Waals surface area contributed by atoms with E-state index in [0.717, 1.165) is 33.3 Å². The second kappa shape index (κ2) is 5.65. The first-order valence-electron chi connectivity index (χ1n) is 8.98. The molecule has 0 unspecified atom stereocenters. The molecule has 1 fully saturated rings. The average Bonchev–Trinajstić information content (AvgIpc) is 3.27. The van der Waals surface area contributed by atoms with Crippen molar-refractivity contribution in [2.45, 2.75) is 45.7 Å². The van der Waals surface area contributed by atoms with E-state index in [4.69, 9.17) is 18.3 Å². The van der Waals surface area contributed by atoms with E-state index in [0.29, 0.717) is 11.8 Å². The molecule has 0 N–H and O–H groups in total. The summed E-state index contributed by atoms with van der Waals surface area (Å²) in [5, 5.41) is 0. The quantitative estimate of drug-likeness (QED) is 0.490. The van der Waals surface area contributed by atoms with Gasteiger partial charge in [0.1, 0.15) is 11.0 Å². The lowest BCUT2D eigenvalue weighted by Gasteiger charge is -2.15. The van der Waals surface area contributed by atoms with Gasteiger partial charge in [-0.1, -0.05) is 12.1 Å². The van der Waals surface area contributed by atoms with Gasteiger partial charge in [0.15, 0.2) is 29.2 Å². The van der Waals surface area contributed by atoms with Gasteiger partial charge in [-0.05, 0) is 63.1 Å². The number of hydrogen-bond acceptors (Lipinski definition) is 6. The second-order valence-electron chi connectivity index (χ2n) is 7.52. The summed E-state index contributed by atoms with van der Waals surface area (Å²) in [4.78, 5) is 9.25. The van der Waals surface area contributed by atoms with E-state index in [9.17, 15) is 0 Å². The van der Waals surface area contributed by atoms with Crippen LogP contribution in [0.3, 0.4) is 0 Å². The number of nitrogens with zero attached hydrogens (tertiary/aromatic N) is 2. The molecular formula is C21H20N2O4. The summed E-state index contributed by atoms with van der Waals surface area (Å²) < 4.78 is 24.1. The molecule has 2 aromatic carbocycles. The van der Waals surface area contributed by atoms with Gasteiger partial charge >= 0.3 is 0 Å². The number of aromatic nitrogens is 2. The molecule has 5 rings (SSSR count). The maximum absolute atomic E-state index is 6.10. The Morgan fingerprint density at radius 3 is 1.63 bits per heavy atom. The number of aryl methyl sites for hydroxylation is 2. The van der Waals surface area contributed by atoms with Gasteiger partial charge in [0.2, 0.25) is 11.8 Å². The van der Waals surface area contributed by atoms with Crippen LogP contribution in [0.2, 0.25) is 0 Å². The van der Waals surface area contributed by atoms with Gasteiger partial charge < -0.3 is 18.3 Å². The third-order valence-corrected chi connectivity index (χ3v) is 4.70. The number of ether oxygens (including phenoxy) is 2. The number of oxazole rings is 2. The van der Waals surface area contributed by atoms with E-state index in [2.05, 4.69) is 9.97 Å². The summed E-state index contributed by atoms with van der Waals surface area (Å²) >= 11 is 0. The van der Waals surface area contributed by atoms with Gasteiger partial charge in [-0.25, -0.2) is 9.97 Å². The van der Waals surface area contributed by atoms with E-state index in [-0.39, 0.29) is 0 Å². The highest BCUT2D eigenvalue weighted by molar-refractivity contribution is 5.74. The molecule has 4 aromatic rings. The van der Waals surface area contributed by atoms with E-state index in [1.807, 2.05) is 64.1 Å². The summed E-state index contributed by atoms with van der Waals surface area (Å²) in [6.07, 6.45) is -1.08. The van der Waals surface area contributed by atoms with Crippen LogP contribution < -0.4 is 0 Å². The van der Waals surface area contributed by atoms with E-state index < -0.39 is 18.0 Å². The third-order valence-electron chi connectivity index (χ3n) is 4.70. The minimum Gasteiger partial charge on any atom is -0.438 e. The van der Waals surface area contributed by atoms with Crippen molar-refractivity contribution in [3.63, 3.8) is 0 Å². The molecule has 2 atom stereocenters. The second-order valence-corrected chi connectivity index (χ2v) is 7.52. The number of rotatable bonds is 2. The maximum atomic E-state index is 6.10. The Kier molecular flexibility index (Phi) is 3.44. The van der Waals surface area contributed by atoms with Crippen LogP contribution in [0.25, 0.3) is 22.2 Å². The van der Waals surface area contributed by atoms with Crippen LogP contribution in [0.5, 0.6) is 0 Å². The predicted octanol–water partition coefficient (Wildman–Crippen LogP) is 5.15. The van der Waals surface area contributed by atoms with Crippen molar-refractivity contribution in [2.24, 2.45) is 0 Å². The van der Waals surface area contributed by atoms with Crippen LogP contribution in [-0.4, -0.2) is 15.8 Å². The topological polar surface area (TPSA) is 70.5 Å². The van der Waals surface area contributed by atoms with Crippen LogP contribution in [-0.2, 0) is 9.47 Å². The van der Waals surface area contributed by atoms with Crippen molar-refractivity contribution in [1.82, 2.24) is 9.97 Å². The molecule has 0 radical (unpaired) electrons. The zero-order chi connectivity index (χ0) is 18.8. The zero-order valence-corrected chi connectivity index (χ0v) is 15.6. The molecule has 0 saturated carbocycles. The summed E-state index contributed by atoms with van der Waals surface area (Å²) in [7, 11) is 0. The van der Waals surface area contributed by atoms with Crippen LogP contribution >= 0.6 is 0 Å². The lowest BCUT2D eigenvalue weighted by atomic mass is 10.2. The maximum Gasteiger partial charge on any atom is 0.228 e. The molecule has 0 spiro atoms.